The maximum Gasteiger partial charge on any atom is 0.124 e. The second kappa shape index (κ2) is 7.62. The summed E-state index contributed by atoms with van der Waals surface area (Å²) in [7, 11) is 1.65. The van der Waals surface area contributed by atoms with Gasteiger partial charge in [-0.3, -0.25) is 0 Å². The zero-order chi connectivity index (χ0) is 14.4. The highest BCUT2D eigenvalue weighted by molar-refractivity contribution is 7.97. The van der Waals surface area contributed by atoms with Gasteiger partial charge in [0.15, 0.2) is 0 Å². The lowest BCUT2D eigenvalue weighted by atomic mass is 10.2. The second-order valence-electron chi connectivity index (χ2n) is 4.33. The van der Waals surface area contributed by atoms with Gasteiger partial charge in [0.05, 0.1) is 19.4 Å². The van der Waals surface area contributed by atoms with Crippen LogP contribution in [0.15, 0.2) is 34.7 Å². The van der Waals surface area contributed by atoms with Crippen LogP contribution in [-0.2, 0) is 18.8 Å². The minimum atomic E-state index is 0.640. The maximum absolute atomic E-state index is 6.19. The van der Waals surface area contributed by atoms with E-state index in [1.807, 2.05) is 30.3 Å². The minimum Gasteiger partial charge on any atom is -0.496 e. The number of hydrogen-bond donors (Lipinski definition) is 1. The normalized spacial score (nSPS) is 10.8. The van der Waals surface area contributed by atoms with Crippen LogP contribution in [0.5, 0.6) is 5.75 Å². The van der Waals surface area contributed by atoms with Crippen molar-refractivity contribution in [1.82, 2.24) is 5.32 Å². The van der Waals surface area contributed by atoms with E-state index in [0.29, 0.717) is 18.1 Å². The Bertz CT molecular complexity index is 557. The lowest BCUT2D eigenvalue weighted by Crippen LogP contribution is -2.13. The maximum atomic E-state index is 6.19. The van der Waals surface area contributed by atoms with E-state index in [1.54, 1.807) is 18.9 Å². The second-order valence-corrected chi connectivity index (χ2v) is 5.60. The molecule has 0 saturated heterocycles. The SMILES string of the molecule is COc1cccc(Cl)c1CNCc1ccc(CSC)o1. The number of thioether (sulfide) groups is 1. The molecule has 0 unspecified atom stereocenters. The number of rotatable bonds is 7. The first-order chi connectivity index (χ1) is 9.74. The molecule has 0 aliphatic heterocycles. The quantitative estimate of drug-likeness (QED) is 0.835. The number of methoxy groups -OCH3 is 1. The van der Waals surface area contributed by atoms with Gasteiger partial charge in [-0.25, -0.2) is 0 Å². The van der Waals surface area contributed by atoms with E-state index in [-0.39, 0.29) is 0 Å². The fraction of sp³-hybridized carbons (Fsp3) is 0.333. The number of furan rings is 1. The summed E-state index contributed by atoms with van der Waals surface area (Å²) in [5.74, 6) is 3.63. The number of benzene rings is 1. The molecule has 3 nitrogen and oxygen atoms in total. The molecule has 5 heteroatoms. The van der Waals surface area contributed by atoms with E-state index in [1.165, 1.54) is 0 Å². The van der Waals surface area contributed by atoms with Gasteiger partial charge in [0, 0.05) is 17.1 Å². The van der Waals surface area contributed by atoms with Crippen molar-refractivity contribution in [2.45, 2.75) is 18.8 Å². The molecule has 1 aromatic carbocycles. The van der Waals surface area contributed by atoms with Crippen molar-refractivity contribution in [3.8, 4) is 5.75 Å². The molecule has 0 aliphatic rings. The number of ether oxygens (including phenoxy) is 1. The molecule has 0 atom stereocenters. The average molecular weight is 312 g/mol. The molecule has 0 fully saturated rings. The Kier molecular flexibility index (Phi) is 5.83. The van der Waals surface area contributed by atoms with E-state index in [9.17, 15) is 0 Å². The predicted molar refractivity (Wildman–Crippen MR) is 84.5 cm³/mol. The third-order valence-corrected chi connectivity index (χ3v) is 3.83. The van der Waals surface area contributed by atoms with E-state index < -0.39 is 0 Å². The van der Waals surface area contributed by atoms with Crippen molar-refractivity contribution >= 4 is 23.4 Å². The van der Waals surface area contributed by atoms with Gasteiger partial charge in [0.2, 0.25) is 0 Å². The molecule has 0 aliphatic carbocycles. The van der Waals surface area contributed by atoms with Crippen molar-refractivity contribution in [3.63, 3.8) is 0 Å². The van der Waals surface area contributed by atoms with Crippen molar-refractivity contribution < 1.29 is 9.15 Å². The monoisotopic (exact) mass is 311 g/mol. The molecule has 0 bridgehead atoms. The first-order valence-electron chi connectivity index (χ1n) is 6.33. The van der Waals surface area contributed by atoms with Gasteiger partial charge in [0.25, 0.3) is 0 Å². The first kappa shape index (κ1) is 15.3. The Labute approximate surface area is 128 Å². The van der Waals surface area contributed by atoms with Gasteiger partial charge in [0.1, 0.15) is 17.3 Å². The minimum absolute atomic E-state index is 0.640. The fourth-order valence-corrected chi connectivity index (χ4v) is 2.62. The summed E-state index contributed by atoms with van der Waals surface area (Å²) in [4.78, 5) is 0. The van der Waals surface area contributed by atoms with Crippen molar-refractivity contribution in [1.29, 1.82) is 0 Å². The van der Waals surface area contributed by atoms with E-state index >= 15 is 0 Å². The molecular formula is C15H18ClNO2S. The number of halogens is 1. The number of hydrogen-bond acceptors (Lipinski definition) is 4. The van der Waals surface area contributed by atoms with E-state index in [4.69, 9.17) is 20.8 Å². The van der Waals surface area contributed by atoms with Gasteiger partial charge in [-0.2, -0.15) is 11.8 Å². The smallest absolute Gasteiger partial charge is 0.124 e. The van der Waals surface area contributed by atoms with Crippen LogP contribution in [0.3, 0.4) is 0 Å². The molecule has 2 rings (SSSR count). The van der Waals surface area contributed by atoms with Crippen LogP contribution in [0.25, 0.3) is 0 Å². The van der Waals surface area contributed by atoms with Crippen molar-refractivity contribution in [3.05, 3.63) is 52.4 Å². The zero-order valence-corrected chi connectivity index (χ0v) is 13.2. The van der Waals surface area contributed by atoms with Crippen LogP contribution in [-0.4, -0.2) is 13.4 Å². The highest BCUT2D eigenvalue weighted by Gasteiger charge is 2.07. The molecule has 0 spiro atoms. The van der Waals surface area contributed by atoms with E-state index in [0.717, 1.165) is 28.6 Å². The third-order valence-electron chi connectivity index (χ3n) is 2.90. The summed E-state index contributed by atoms with van der Waals surface area (Å²) < 4.78 is 11.0. The summed E-state index contributed by atoms with van der Waals surface area (Å²) in [6, 6.07) is 9.68. The van der Waals surface area contributed by atoms with Crippen LogP contribution >= 0.6 is 23.4 Å². The number of nitrogens with one attached hydrogen (secondary N) is 1. The highest BCUT2D eigenvalue weighted by atomic mass is 35.5. The van der Waals surface area contributed by atoms with Gasteiger partial charge >= 0.3 is 0 Å². The molecule has 2 aromatic rings. The summed E-state index contributed by atoms with van der Waals surface area (Å²) in [6.07, 6.45) is 2.06. The van der Waals surface area contributed by atoms with Gasteiger partial charge in [-0.1, -0.05) is 17.7 Å². The molecule has 1 aromatic heterocycles. The Morgan fingerprint density at radius 3 is 2.75 bits per heavy atom. The van der Waals surface area contributed by atoms with Gasteiger partial charge in [-0.05, 0) is 30.5 Å². The van der Waals surface area contributed by atoms with Gasteiger partial charge < -0.3 is 14.5 Å². The lowest BCUT2D eigenvalue weighted by molar-refractivity contribution is 0.405. The molecule has 0 amide bonds. The third kappa shape index (κ3) is 3.95. The zero-order valence-electron chi connectivity index (χ0n) is 11.6. The standard InChI is InChI=1S/C15H18ClNO2S/c1-18-15-5-3-4-14(16)13(15)9-17-8-11-6-7-12(19-11)10-20-2/h3-7,17H,8-10H2,1-2H3. The van der Waals surface area contributed by atoms with Crippen LogP contribution in [0.1, 0.15) is 17.1 Å². The first-order valence-corrected chi connectivity index (χ1v) is 8.10. The molecule has 108 valence electrons. The lowest BCUT2D eigenvalue weighted by Gasteiger charge is -2.10. The van der Waals surface area contributed by atoms with Crippen LogP contribution in [0.2, 0.25) is 5.02 Å². The van der Waals surface area contributed by atoms with E-state index in [2.05, 4.69) is 11.6 Å². The summed E-state index contributed by atoms with van der Waals surface area (Å²) in [5, 5.41) is 4.03. The van der Waals surface area contributed by atoms with Gasteiger partial charge in [-0.15, -0.1) is 0 Å². The Hall–Kier alpha value is -1.10. The summed E-state index contributed by atoms with van der Waals surface area (Å²) in [5.41, 5.74) is 0.965. The Morgan fingerprint density at radius 2 is 2.00 bits per heavy atom. The highest BCUT2D eigenvalue weighted by Crippen LogP contribution is 2.26. The summed E-state index contributed by atoms with van der Waals surface area (Å²) >= 11 is 7.94. The Balaban J connectivity index is 1.92. The molecule has 0 saturated carbocycles. The predicted octanol–water partition coefficient (Wildman–Crippen LogP) is 4.09. The van der Waals surface area contributed by atoms with Crippen LogP contribution < -0.4 is 10.1 Å². The topological polar surface area (TPSA) is 34.4 Å². The van der Waals surface area contributed by atoms with Crippen LogP contribution in [0.4, 0.5) is 0 Å². The van der Waals surface area contributed by atoms with Crippen molar-refractivity contribution in [2.24, 2.45) is 0 Å². The Morgan fingerprint density at radius 1 is 1.20 bits per heavy atom. The average Bonchev–Trinajstić information content (AvgIpc) is 2.88. The molecule has 20 heavy (non-hydrogen) atoms. The van der Waals surface area contributed by atoms with Crippen LogP contribution in [0, 0.1) is 0 Å². The molecular weight excluding hydrogens is 294 g/mol. The summed E-state index contributed by atoms with van der Waals surface area (Å²) in [6.45, 7) is 1.31. The fourth-order valence-electron chi connectivity index (χ4n) is 1.95. The largest absolute Gasteiger partial charge is 0.496 e. The molecule has 1 N–H and O–H groups in total. The van der Waals surface area contributed by atoms with Crippen molar-refractivity contribution in [2.75, 3.05) is 13.4 Å². The molecule has 0 radical (unpaired) electrons. The molecule has 1 heterocycles.